The predicted molar refractivity (Wildman–Crippen MR) is 115 cm³/mol. The second kappa shape index (κ2) is 7.56. The van der Waals surface area contributed by atoms with Gasteiger partial charge in [0.25, 0.3) is 0 Å². The lowest BCUT2D eigenvalue weighted by atomic mass is 10.1. The molecule has 1 heterocycles. The fourth-order valence-corrected chi connectivity index (χ4v) is 4.11. The van der Waals surface area contributed by atoms with E-state index >= 15 is 0 Å². The van der Waals surface area contributed by atoms with Gasteiger partial charge in [-0.3, -0.25) is 4.57 Å². The Morgan fingerprint density at radius 3 is 1.69 bits per heavy atom. The fraction of sp³-hybridized carbons (Fsp3) is 0.182. The van der Waals surface area contributed by atoms with Gasteiger partial charge in [-0.2, -0.15) is 0 Å². The van der Waals surface area contributed by atoms with E-state index in [1.54, 1.807) is 12.1 Å². The molecule has 0 aliphatic carbocycles. The molecule has 0 fully saturated rings. The Morgan fingerprint density at radius 2 is 1.28 bits per heavy atom. The lowest BCUT2D eigenvalue weighted by Gasteiger charge is -2.10. The fourth-order valence-electron chi connectivity index (χ4n) is 3.57. The van der Waals surface area contributed by atoms with Gasteiger partial charge in [0.05, 0.1) is 29.6 Å². The Bertz CT molecular complexity index is 1160. The number of ether oxygens (including phenoxy) is 2. The van der Waals surface area contributed by atoms with Gasteiger partial charge in [-0.25, -0.2) is 0 Å². The van der Waals surface area contributed by atoms with Crippen molar-refractivity contribution in [2.24, 2.45) is 0 Å². The van der Waals surface area contributed by atoms with Crippen molar-refractivity contribution in [1.29, 1.82) is 0 Å². The average Bonchev–Trinajstić information content (AvgIpc) is 3.01. The number of rotatable bonds is 6. The molecule has 4 aromatic rings. The molecule has 0 amide bonds. The molecule has 1 aromatic heterocycles. The Balaban J connectivity index is 1.97. The van der Waals surface area contributed by atoms with Crippen LogP contribution >= 0.6 is 7.60 Å². The topological polar surface area (TPSA) is 80.9 Å². The zero-order valence-corrected chi connectivity index (χ0v) is 17.1. The van der Waals surface area contributed by atoms with Crippen molar-refractivity contribution in [3.63, 3.8) is 0 Å². The van der Waals surface area contributed by atoms with Crippen molar-refractivity contribution >= 4 is 34.7 Å². The third-order valence-electron chi connectivity index (χ3n) is 4.77. The third kappa shape index (κ3) is 3.62. The molecule has 0 aliphatic rings. The summed E-state index contributed by atoms with van der Waals surface area (Å²) in [5.74, 6) is 1.58. The number of fused-ring (bicyclic) bond motifs is 3. The van der Waals surface area contributed by atoms with Crippen molar-refractivity contribution in [2.75, 3.05) is 13.2 Å². The van der Waals surface area contributed by atoms with Gasteiger partial charge < -0.3 is 23.8 Å². The molecule has 0 unspecified atom stereocenters. The molecule has 0 aliphatic heterocycles. The lowest BCUT2D eigenvalue weighted by molar-refractivity contribution is 0.340. The van der Waals surface area contributed by atoms with Gasteiger partial charge in [-0.1, -0.05) is 0 Å². The molecule has 0 spiro atoms. The van der Waals surface area contributed by atoms with E-state index in [1.807, 2.05) is 50.2 Å². The van der Waals surface area contributed by atoms with Crippen LogP contribution in [0.4, 0.5) is 0 Å². The SMILES string of the molecule is CCOc1ccc2c(c1)c1cc(OCC)ccc1n2-c1ccc(P(=O)(O)O)cc1. The first-order chi connectivity index (χ1) is 13.9. The average molecular weight is 411 g/mol. The van der Waals surface area contributed by atoms with Crippen LogP contribution in [-0.4, -0.2) is 27.6 Å². The molecular weight excluding hydrogens is 389 g/mol. The number of aromatic nitrogens is 1. The van der Waals surface area contributed by atoms with Crippen LogP contribution in [0, 0.1) is 0 Å². The number of hydrogen-bond acceptors (Lipinski definition) is 3. The second-order valence-electron chi connectivity index (χ2n) is 6.62. The lowest BCUT2D eigenvalue weighted by Crippen LogP contribution is -2.04. The summed E-state index contributed by atoms with van der Waals surface area (Å²) >= 11 is 0. The summed E-state index contributed by atoms with van der Waals surface area (Å²) in [4.78, 5) is 18.8. The van der Waals surface area contributed by atoms with Gasteiger partial charge in [0.2, 0.25) is 0 Å². The summed E-state index contributed by atoms with van der Waals surface area (Å²) in [6.45, 7) is 5.06. The highest BCUT2D eigenvalue weighted by atomic mass is 31.2. The van der Waals surface area contributed by atoms with E-state index in [4.69, 9.17) is 9.47 Å². The van der Waals surface area contributed by atoms with Crippen molar-refractivity contribution < 1.29 is 23.8 Å². The van der Waals surface area contributed by atoms with Crippen LogP contribution in [0.5, 0.6) is 11.5 Å². The van der Waals surface area contributed by atoms with Crippen molar-refractivity contribution in [3.05, 3.63) is 60.7 Å². The summed E-state index contributed by atoms with van der Waals surface area (Å²) in [6, 6.07) is 18.3. The zero-order valence-electron chi connectivity index (χ0n) is 16.2. The minimum Gasteiger partial charge on any atom is -0.494 e. The Kier molecular flexibility index (Phi) is 5.09. The van der Waals surface area contributed by atoms with Crippen molar-refractivity contribution in [3.8, 4) is 17.2 Å². The minimum atomic E-state index is -4.28. The van der Waals surface area contributed by atoms with Gasteiger partial charge in [0.15, 0.2) is 0 Å². The Labute approximate surface area is 168 Å². The van der Waals surface area contributed by atoms with Gasteiger partial charge in [0.1, 0.15) is 11.5 Å². The van der Waals surface area contributed by atoms with E-state index < -0.39 is 7.60 Å². The monoisotopic (exact) mass is 411 g/mol. The van der Waals surface area contributed by atoms with E-state index in [2.05, 4.69) is 4.57 Å². The van der Waals surface area contributed by atoms with Gasteiger partial charge in [-0.05, 0) is 74.5 Å². The highest BCUT2D eigenvalue weighted by Gasteiger charge is 2.18. The summed E-state index contributed by atoms with van der Waals surface area (Å²) in [7, 11) is -4.28. The standard InChI is InChI=1S/C22H22NO5P/c1-3-27-16-7-11-21-19(13-16)20-14-17(28-4-2)8-12-22(20)23(21)15-5-9-18(10-6-15)29(24,25)26/h5-14H,3-4H2,1-2H3,(H2,24,25,26). The number of nitrogens with zero attached hydrogens (tertiary/aromatic N) is 1. The van der Waals surface area contributed by atoms with Crippen LogP contribution in [0.2, 0.25) is 0 Å². The Morgan fingerprint density at radius 1 is 0.793 bits per heavy atom. The van der Waals surface area contributed by atoms with E-state index in [9.17, 15) is 14.4 Å². The second-order valence-corrected chi connectivity index (χ2v) is 8.22. The molecule has 3 aromatic carbocycles. The van der Waals surface area contributed by atoms with Crippen LogP contribution < -0.4 is 14.8 Å². The number of benzene rings is 3. The predicted octanol–water partition coefficient (Wildman–Crippen LogP) is 4.38. The maximum absolute atomic E-state index is 11.5. The summed E-state index contributed by atoms with van der Waals surface area (Å²) < 4.78 is 24.9. The van der Waals surface area contributed by atoms with Gasteiger partial charge in [-0.15, -0.1) is 0 Å². The van der Waals surface area contributed by atoms with Crippen molar-refractivity contribution in [2.45, 2.75) is 13.8 Å². The minimum absolute atomic E-state index is 0.000665. The molecule has 6 nitrogen and oxygen atoms in total. The maximum atomic E-state index is 11.5. The molecule has 0 radical (unpaired) electrons. The first kappa shape index (κ1) is 19.5. The highest BCUT2D eigenvalue weighted by molar-refractivity contribution is 7.60. The van der Waals surface area contributed by atoms with Crippen LogP contribution in [0.15, 0.2) is 60.7 Å². The van der Waals surface area contributed by atoms with Crippen LogP contribution in [0.25, 0.3) is 27.5 Å². The first-order valence-corrected chi connectivity index (χ1v) is 11.0. The molecule has 7 heteroatoms. The van der Waals surface area contributed by atoms with Crippen molar-refractivity contribution in [1.82, 2.24) is 4.57 Å². The largest absolute Gasteiger partial charge is 0.494 e. The molecule has 150 valence electrons. The smallest absolute Gasteiger partial charge is 0.356 e. The number of hydrogen-bond donors (Lipinski definition) is 2. The van der Waals surface area contributed by atoms with E-state index in [0.29, 0.717) is 13.2 Å². The maximum Gasteiger partial charge on any atom is 0.356 e. The van der Waals surface area contributed by atoms with Gasteiger partial charge in [0, 0.05) is 16.5 Å². The summed E-state index contributed by atoms with van der Waals surface area (Å²) in [6.07, 6.45) is 0. The van der Waals surface area contributed by atoms with Crippen LogP contribution in [0.1, 0.15) is 13.8 Å². The molecule has 0 saturated heterocycles. The van der Waals surface area contributed by atoms with Gasteiger partial charge >= 0.3 is 7.60 Å². The summed E-state index contributed by atoms with van der Waals surface area (Å²) in [5.41, 5.74) is 2.76. The summed E-state index contributed by atoms with van der Waals surface area (Å²) in [5, 5.41) is 2.04. The molecule has 29 heavy (non-hydrogen) atoms. The molecule has 2 N–H and O–H groups in total. The molecule has 0 saturated carbocycles. The third-order valence-corrected chi connectivity index (χ3v) is 5.75. The molecular formula is C22H22NO5P. The first-order valence-electron chi connectivity index (χ1n) is 9.42. The highest BCUT2D eigenvalue weighted by Crippen LogP contribution is 2.37. The molecule has 0 atom stereocenters. The van der Waals surface area contributed by atoms with Crippen LogP contribution in [-0.2, 0) is 4.57 Å². The Hall–Kier alpha value is -2.79. The zero-order chi connectivity index (χ0) is 20.6. The normalized spacial score (nSPS) is 11.9. The molecule has 0 bridgehead atoms. The van der Waals surface area contributed by atoms with E-state index in [1.165, 1.54) is 12.1 Å². The van der Waals surface area contributed by atoms with E-state index in [0.717, 1.165) is 39.0 Å². The van der Waals surface area contributed by atoms with E-state index in [-0.39, 0.29) is 5.30 Å². The quantitative estimate of drug-likeness (QED) is 0.460. The molecule has 4 rings (SSSR count). The van der Waals surface area contributed by atoms with Crippen LogP contribution in [0.3, 0.4) is 0 Å².